The first kappa shape index (κ1) is 31.9. The largest absolute Gasteiger partial charge is 0.454 e. The van der Waals surface area contributed by atoms with Gasteiger partial charge in [-0.25, -0.2) is 9.69 Å². The van der Waals surface area contributed by atoms with E-state index < -0.39 is 17.5 Å². The molecule has 1 atom stereocenters. The SMILES string of the molecule is CCCCCCCCC[C@@H](OC(=O)c1cccc(C)c1N1C(=O)CC(c2ccccc2)(c2ccccc2)C1=O)c1ccccc1. The quantitative estimate of drug-likeness (QED) is 0.0821. The smallest absolute Gasteiger partial charge is 0.340 e. The minimum Gasteiger partial charge on any atom is -0.454 e. The lowest BCUT2D eigenvalue weighted by molar-refractivity contribution is -0.122. The summed E-state index contributed by atoms with van der Waals surface area (Å²) in [6.45, 7) is 4.04. The fraction of sp³-hybridized carbons (Fsp3) is 0.325. The predicted molar refractivity (Wildman–Crippen MR) is 179 cm³/mol. The maximum Gasteiger partial charge on any atom is 0.340 e. The number of rotatable bonds is 14. The number of unbranched alkanes of at least 4 members (excludes halogenated alkanes) is 6. The van der Waals surface area contributed by atoms with Crippen molar-refractivity contribution in [1.29, 1.82) is 0 Å². The van der Waals surface area contributed by atoms with Crippen molar-refractivity contribution < 1.29 is 19.1 Å². The lowest BCUT2D eigenvalue weighted by atomic mass is 9.73. The third kappa shape index (κ3) is 6.93. The number of imide groups is 1. The zero-order chi connectivity index (χ0) is 31.6. The number of hydrogen-bond acceptors (Lipinski definition) is 4. The molecule has 5 nitrogen and oxygen atoms in total. The summed E-state index contributed by atoms with van der Waals surface area (Å²) >= 11 is 0. The molecular weight excluding hydrogens is 558 g/mol. The van der Waals surface area contributed by atoms with Crippen molar-refractivity contribution in [2.75, 3.05) is 4.90 Å². The van der Waals surface area contributed by atoms with E-state index in [4.69, 9.17) is 4.74 Å². The normalized spacial score (nSPS) is 14.8. The maximum absolute atomic E-state index is 14.6. The van der Waals surface area contributed by atoms with Crippen molar-refractivity contribution in [1.82, 2.24) is 0 Å². The van der Waals surface area contributed by atoms with Gasteiger partial charge < -0.3 is 4.74 Å². The maximum atomic E-state index is 14.6. The third-order valence-electron chi connectivity index (χ3n) is 8.94. The molecular formula is C40H43NO4. The van der Waals surface area contributed by atoms with Gasteiger partial charge in [0.05, 0.1) is 17.7 Å². The van der Waals surface area contributed by atoms with Gasteiger partial charge in [0.1, 0.15) is 11.5 Å². The van der Waals surface area contributed by atoms with Crippen LogP contribution in [0.4, 0.5) is 5.69 Å². The van der Waals surface area contributed by atoms with E-state index in [1.54, 1.807) is 12.1 Å². The number of benzene rings is 4. The minimum atomic E-state index is -1.20. The summed E-state index contributed by atoms with van der Waals surface area (Å²) in [6, 6.07) is 34.0. The molecule has 0 unspecified atom stereocenters. The van der Waals surface area contributed by atoms with Crippen LogP contribution in [0, 0.1) is 6.92 Å². The summed E-state index contributed by atoms with van der Waals surface area (Å²) in [5, 5.41) is 0. The van der Waals surface area contributed by atoms with Gasteiger partial charge >= 0.3 is 5.97 Å². The fourth-order valence-electron chi connectivity index (χ4n) is 6.54. The van der Waals surface area contributed by atoms with E-state index in [-0.39, 0.29) is 23.8 Å². The van der Waals surface area contributed by atoms with Crippen LogP contribution >= 0.6 is 0 Å². The summed E-state index contributed by atoms with van der Waals surface area (Å²) < 4.78 is 6.23. The third-order valence-corrected chi connectivity index (χ3v) is 8.94. The molecule has 0 saturated carbocycles. The molecule has 1 aliphatic rings. The van der Waals surface area contributed by atoms with E-state index in [0.717, 1.165) is 29.5 Å². The Morgan fingerprint density at radius 2 is 1.29 bits per heavy atom. The highest BCUT2D eigenvalue weighted by atomic mass is 16.5. The van der Waals surface area contributed by atoms with Crippen molar-refractivity contribution in [3.05, 3.63) is 137 Å². The molecule has 0 spiro atoms. The Balaban J connectivity index is 1.45. The summed E-state index contributed by atoms with van der Waals surface area (Å²) in [7, 11) is 0. The van der Waals surface area contributed by atoms with Crippen molar-refractivity contribution in [3.63, 3.8) is 0 Å². The zero-order valence-corrected chi connectivity index (χ0v) is 26.4. The van der Waals surface area contributed by atoms with E-state index in [1.807, 2.05) is 104 Å². The van der Waals surface area contributed by atoms with Crippen LogP contribution in [-0.2, 0) is 19.7 Å². The van der Waals surface area contributed by atoms with Crippen LogP contribution in [0.2, 0.25) is 0 Å². The van der Waals surface area contributed by atoms with Crippen LogP contribution < -0.4 is 4.90 Å². The monoisotopic (exact) mass is 601 g/mol. The molecule has 0 radical (unpaired) electrons. The summed E-state index contributed by atoms with van der Waals surface area (Å²) in [5.41, 5.74) is 2.40. The van der Waals surface area contributed by atoms with Gasteiger partial charge in [0.2, 0.25) is 11.8 Å². The first-order chi connectivity index (χ1) is 22.0. The summed E-state index contributed by atoms with van der Waals surface area (Å²) in [6.07, 6.45) is 8.41. The summed E-state index contributed by atoms with van der Waals surface area (Å²) in [5.74, 6) is -1.25. The minimum absolute atomic E-state index is 0.0341. The topological polar surface area (TPSA) is 63.7 Å². The molecule has 0 aromatic heterocycles. The highest BCUT2D eigenvalue weighted by molar-refractivity contribution is 6.27. The number of carbonyl (C=O) groups excluding carboxylic acids is 3. The Hall–Kier alpha value is -4.51. The number of para-hydroxylation sites is 1. The van der Waals surface area contributed by atoms with Gasteiger partial charge in [0.25, 0.3) is 0 Å². The average Bonchev–Trinajstić information content (AvgIpc) is 3.34. The predicted octanol–water partition coefficient (Wildman–Crippen LogP) is 9.28. The van der Waals surface area contributed by atoms with Crippen molar-refractivity contribution in [2.24, 2.45) is 0 Å². The number of amides is 2. The standard InChI is InChI=1S/C40H43NO4/c1-3-4-5-6-7-8-18-28-35(31-21-12-9-13-22-31)45-38(43)34-27-19-20-30(2)37(34)41-36(42)29-40(39(41)44,32-23-14-10-15-24-32)33-25-16-11-17-26-33/h9-17,19-27,35H,3-8,18,28-29H2,1-2H3/t35-/m1/s1. The highest BCUT2D eigenvalue weighted by Crippen LogP contribution is 2.45. The molecule has 0 aliphatic carbocycles. The number of nitrogens with zero attached hydrogens (tertiary/aromatic N) is 1. The van der Waals surface area contributed by atoms with Gasteiger partial charge in [0, 0.05) is 0 Å². The summed E-state index contributed by atoms with van der Waals surface area (Å²) in [4.78, 5) is 43.8. The molecule has 0 N–H and O–H groups in total. The molecule has 45 heavy (non-hydrogen) atoms. The number of hydrogen-bond donors (Lipinski definition) is 0. The first-order valence-corrected chi connectivity index (χ1v) is 16.3. The second-order valence-electron chi connectivity index (χ2n) is 12.0. The van der Waals surface area contributed by atoms with E-state index in [0.29, 0.717) is 17.7 Å². The Labute approximate surface area is 267 Å². The Morgan fingerprint density at radius 3 is 1.89 bits per heavy atom. The Kier molecular flexibility index (Phi) is 10.6. The number of anilines is 1. The highest BCUT2D eigenvalue weighted by Gasteiger charge is 2.55. The van der Waals surface area contributed by atoms with E-state index >= 15 is 0 Å². The Bertz CT molecular complexity index is 1540. The van der Waals surface area contributed by atoms with Gasteiger partial charge in [-0.1, -0.05) is 149 Å². The van der Waals surface area contributed by atoms with Crippen molar-refractivity contribution in [3.8, 4) is 0 Å². The molecule has 1 fully saturated rings. The van der Waals surface area contributed by atoms with Crippen LogP contribution in [-0.4, -0.2) is 17.8 Å². The van der Waals surface area contributed by atoms with Gasteiger partial charge in [-0.15, -0.1) is 0 Å². The van der Waals surface area contributed by atoms with E-state index in [9.17, 15) is 14.4 Å². The van der Waals surface area contributed by atoms with Gasteiger partial charge in [-0.2, -0.15) is 0 Å². The molecule has 232 valence electrons. The molecule has 2 amide bonds. The first-order valence-electron chi connectivity index (χ1n) is 16.3. The second kappa shape index (κ2) is 15.0. The fourth-order valence-corrected chi connectivity index (χ4v) is 6.54. The number of esters is 1. The van der Waals surface area contributed by atoms with Gasteiger partial charge in [0.15, 0.2) is 0 Å². The van der Waals surface area contributed by atoms with Crippen LogP contribution in [0.15, 0.2) is 109 Å². The molecule has 1 aliphatic heterocycles. The molecule has 1 heterocycles. The van der Waals surface area contributed by atoms with Crippen LogP contribution in [0.25, 0.3) is 0 Å². The van der Waals surface area contributed by atoms with Crippen molar-refractivity contribution in [2.45, 2.75) is 83.2 Å². The second-order valence-corrected chi connectivity index (χ2v) is 12.0. The van der Waals surface area contributed by atoms with Gasteiger partial charge in [-0.05, 0) is 48.1 Å². The van der Waals surface area contributed by atoms with Crippen molar-refractivity contribution >= 4 is 23.5 Å². The lowest BCUT2D eigenvalue weighted by Gasteiger charge is -2.29. The average molecular weight is 602 g/mol. The van der Waals surface area contributed by atoms with E-state index in [1.165, 1.54) is 37.0 Å². The van der Waals surface area contributed by atoms with Gasteiger partial charge in [-0.3, -0.25) is 9.59 Å². The zero-order valence-electron chi connectivity index (χ0n) is 26.4. The molecule has 5 heteroatoms. The number of ether oxygens (including phenoxy) is 1. The molecule has 1 saturated heterocycles. The van der Waals surface area contributed by atoms with Crippen LogP contribution in [0.1, 0.15) is 103 Å². The molecule has 0 bridgehead atoms. The molecule has 5 rings (SSSR count). The van der Waals surface area contributed by atoms with Crippen LogP contribution in [0.5, 0.6) is 0 Å². The lowest BCUT2D eigenvalue weighted by Crippen LogP contribution is -2.40. The van der Waals surface area contributed by atoms with E-state index in [2.05, 4.69) is 6.92 Å². The number of aryl methyl sites for hydroxylation is 1. The number of carbonyl (C=O) groups is 3. The molecule has 4 aromatic rings. The van der Waals surface area contributed by atoms with Crippen LogP contribution in [0.3, 0.4) is 0 Å². The Morgan fingerprint density at radius 1 is 0.733 bits per heavy atom. The molecule has 4 aromatic carbocycles.